The second kappa shape index (κ2) is 3.70. The van der Waals surface area contributed by atoms with Gasteiger partial charge in [-0.3, -0.25) is 0 Å². The van der Waals surface area contributed by atoms with Gasteiger partial charge in [0.05, 0.1) is 0 Å². The van der Waals surface area contributed by atoms with Crippen LogP contribution < -0.4 is 5.73 Å². The standard InChI is InChI=1S/C10H11N3O2/c11-4-3-6-7-2-1-5-12-9(7)13-8(6)10(14)15/h1-2,5H,3-4,11H2,(H,12,13)(H,14,15). The Morgan fingerprint density at radius 3 is 3.07 bits per heavy atom. The van der Waals surface area contributed by atoms with Crippen LogP contribution >= 0.6 is 0 Å². The highest BCUT2D eigenvalue weighted by atomic mass is 16.4. The summed E-state index contributed by atoms with van der Waals surface area (Å²) in [6.45, 7) is 0.419. The lowest BCUT2D eigenvalue weighted by atomic mass is 10.1. The number of carboxylic acids is 1. The van der Waals surface area contributed by atoms with Crippen LogP contribution in [0.25, 0.3) is 11.0 Å². The molecule has 0 amide bonds. The molecule has 0 radical (unpaired) electrons. The minimum atomic E-state index is -0.976. The van der Waals surface area contributed by atoms with Gasteiger partial charge in [0, 0.05) is 11.6 Å². The molecule has 15 heavy (non-hydrogen) atoms. The maximum Gasteiger partial charge on any atom is 0.352 e. The molecule has 2 aromatic heterocycles. The molecule has 0 aliphatic heterocycles. The zero-order valence-corrected chi connectivity index (χ0v) is 8.03. The van der Waals surface area contributed by atoms with Gasteiger partial charge in [-0.2, -0.15) is 0 Å². The summed E-state index contributed by atoms with van der Waals surface area (Å²) in [5, 5.41) is 9.83. The number of rotatable bonds is 3. The Morgan fingerprint density at radius 1 is 1.60 bits per heavy atom. The summed E-state index contributed by atoms with van der Waals surface area (Å²) in [6, 6.07) is 3.62. The van der Waals surface area contributed by atoms with Crippen molar-refractivity contribution in [2.24, 2.45) is 5.73 Å². The first-order chi connectivity index (χ1) is 7.24. The van der Waals surface area contributed by atoms with E-state index in [1.165, 1.54) is 0 Å². The Balaban J connectivity index is 2.68. The molecule has 0 aromatic carbocycles. The minimum Gasteiger partial charge on any atom is -0.477 e. The number of nitrogens with zero attached hydrogens (tertiary/aromatic N) is 1. The van der Waals surface area contributed by atoms with Gasteiger partial charge in [0.2, 0.25) is 0 Å². The Hall–Kier alpha value is -1.88. The fourth-order valence-corrected chi connectivity index (χ4v) is 1.66. The Bertz CT molecular complexity index is 504. The third kappa shape index (κ3) is 1.57. The van der Waals surface area contributed by atoms with Crippen molar-refractivity contribution < 1.29 is 9.90 Å². The molecule has 5 heteroatoms. The molecule has 0 spiro atoms. The van der Waals surface area contributed by atoms with E-state index < -0.39 is 5.97 Å². The summed E-state index contributed by atoms with van der Waals surface area (Å²) in [5.74, 6) is -0.976. The summed E-state index contributed by atoms with van der Waals surface area (Å²) in [5.41, 5.74) is 6.97. The number of hydrogen-bond acceptors (Lipinski definition) is 3. The molecule has 0 aliphatic carbocycles. The lowest BCUT2D eigenvalue weighted by Gasteiger charge is -1.97. The molecule has 2 aromatic rings. The molecule has 0 unspecified atom stereocenters. The Labute approximate surface area is 85.9 Å². The van der Waals surface area contributed by atoms with Crippen molar-refractivity contribution in [1.82, 2.24) is 9.97 Å². The number of fused-ring (bicyclic) bond motifs is 1. The molecule has 5 nitrogen and oxygen atoms in total. The lowest BCUT2D eigenvalue weighted by molar-refractivity contribution is 0.0690. The van der Waals surface area contributed by atoms with E-state index in [1.807, 2.05) is 6.07 Å². The predicted octanol–water partition coefficient (Wildman–Crippen LogP) is 0.762. The molecule has 0 fully saturated rings. The SMILES string of the molecule is NCCc1c(C(=O)O)[nH]c2ncccc12. The van der Waals surface area contributed by atoms with E-state index in [-0.39, 0.29) is 5.69 Å². The summed E-state index contributed by atoms with van der Waals surface area (Å²) in [4.78, 5) is 17.8. The van der Waals surface area contributed by atoms with Crippen molar-refractivity contribution in [2.45, 2.75) is 6.42 Å². The van der Waals surface area contributed by atoms with E-state index in [9.17, 15) is 4.79 Å². The van der Waals surface area contributed by atoms with Crippen LogP contribution in [0.15, 0.2) is 18.3 Å². The van der Waals surface area contributed by atoms with Gasteiger partial charge < -0.3 is 15.8 Å². The van der Waals surface area contributed by atoms with Crippen molar-refractivity contribution >= 4 is 17.0 Å². The van der Waals surface area contributed by atoms with Crippen molar-refractivity contribution in [2.75, 3.05) is 6.54 Å². The predicted molar refractivity (Wildman–Crippen MR) is 55.8 cm³/mol. The van der Waals surface area contributed by atoms with Gasteiger partial charge in [0.15, 0.2) is 0 Å². The molecule has 0 atom stereocenters. The molecular formula is C10H11N3O2. The normalized spacial score (nSPS) is 10.7. The van der Waals surface area contributed by atoms with E-state index >= 15 is 0 Å². The molecular weight excluding hydrogens is 194 g/mol. The third-order valence-electron chi connectivity index (χ3n) is 2.29. The fourth-order valence-electron chi connectivity index (χ4n) is 1.66. The number of hydrogen-bond donors (Lipinski definition) is 3. The van der Waals surface area contributed by atoms with Gasteiger partial charge in [-0.05, 0) is 30.7 Å². The number of pyridine rings is 1. The van der Waals surface area contributed by atoms with Crippen molar-refractivity contribution in [3.8, 4) is 0 Å². The van der Waals surface area contributed by atoms with E-state index in [0.29, 0.717) is 18.6 Å². The van der Waals surface area contributed by atoms with Crippen LogP contribution in [-0.4, -0.2) is 27.6 Å². The van der Waals surface area contributed by atoms with Crippen molar-refractivity contribution in [3.05, 3.63) is 29.6 Å². The third-order valence-corrected chi connectivity index (χ3v) is 2.29. The number of carboxylic acid groups (broad SMARTS) is 1. The lowest BCUT2D eigenvalue weighted by Crippen LogP contribution is -2.07. The minimum absolute atomic E-state index is 0.189. The second-order valence-electron chi connectivity index (χ2n) is 3.22. The van der Waals surface area contributed by atoms with E-state index in [0.717, 1.165) is 10.9 Å². The van der Waals surface area contributed by atoms with Gasteiger partial charge in [-0.1, -0.05) is 0 Å². The van der Waals surface area contributed by atoms with Crippen LogP contribution in [0.4, 0.5) is 0 Å². The number of aromatic nitrogens is 2. The average molecular weight is 205 g/mol. The number of carbonyl (C=O) groups is 1. The number of aromatic amines is 1. The number of nitrogens with one attached hydrogen (secondary N) is 1. The van der Waals surface area contributed by atoms with Gasteiger partial charge in [0.1, 0.15) is 11.3 Å². The van der Waals surface area contributed by atoms with Crippen molar-refractivity contribution in [1.29, 1.82) is 0 Å². The van der Waals surface area contributed by atoms with E-state index in [1.54, 1.807) is 12.3 Å². The van der Waals surface area contributed by atoms with E-state index in [2.05, 4.69) is 9.97 Å². The average Bonchev–Trinajstić information content (AvgIpc) is 2.58. The van der Waals surface area contributed by atoms with Gasteiger partial charge in [0.25, 0.3) is 0 Å². The maximum absolute atomic E-state index is 11.0. The highest BCUT2D eigenvalue weighted by molar-refractivity contribution is 5.96. The first-order valence-electron chi connectivity index (χ1n) is 4.63. The molecule has 0 saturated carbocycles. The van der Waals surface area contributed by atoms with Crippen LogP contribution in [0.5, 0.6) is 0 Å². The van der Waals surface area contributed by atoms with Gasteiger partial charge in [-0.25, -0.2) is 9.78 Å². The number of H-pyrrole nitrogens is 1. The molecule has 0 saturated heterocycles. The first-order valence-corrected chi connectivity index (χ1v) is 4.63. The summed E-state index contributed by atoms with van der Waals surface area (Å²) >= 11 is 0. The van der Waals surface area contributed by atoms with Crippen LogP contribution in [0.1, 0.15) is 16.1 Å². The summed E-state index contributed by atoms with van der Waals surface area (Å²) in [6.07, 6.45) is 2.16. The molecule has 2 rings (SSSR count). The second-order valence-corrected chi connectivity index (χ2v) is 3.22. The maximum atomic E-state index is 11.0. The van der Waals surface area contributed by atoms with E-state index in [4.69, 9.17) is 10.8 Å². The first kappa shape index (κ1) is 9.67. The Kier molecular flexibility index (Phi) is 2.39. The molecule has 0 aliphatic rings. The quantitative estimate of drug-likeness (QED) is 0.689. The number of aromatic carboxylic acids is 1. The molecule has 78 valence electrons. The topological polar surface area (TPSA) is 92.0 Å². The van der Waals surface area contributed by atoms with Crippen LogP contribution in [0.2, 0.25) is 0 Å². The molecule has 2 heterocycles. The smallest absolute Gasteiger partial charge is 0.352 e. The van der Waals surface area contributed by atoms with Crippen LogP contribution in [0, 0.1) is 0 Å². The largest absolute Gasteiger partial charge is 0.477 e. The van der Waals surface area contributed by atoms with Crippen LogP contribution in [-0.2, 0) is 6.42 Å². The fraction of sp³-hybridized carbons (Fsp3) is 0.200. The van der Waals surface area contributed by atoms with Crippen LogP contribution in [0.3, 0.4) is 0 Å². The highest BCUT2D eigenvalue weighted by Crippen LogP contribution is 2.20. The van der Waals surface area contributed by atoms with Crippen molar-refractivity contribution in [3.63, 3.8) is 0 Å². The van der Waals surface area contributed by atoms with Gasteiger partial charge in [-0.15, -0.1) is 0 Å². The summed E-state index contributed by atoms with van der Waals surface area (Å²) < 4.78 is 0. The molecule has 0 bridgehead atoms. The number of nitrogens with two attached hydrogens (primary N) is 1. The Morgan fingerprint density at radius 2 is 2.40 bits per heavy atom. The summed E-state index contributed by atoms with van der Waals surface area (Å²) in [7, 11) is 0. The highest BCUT2D eigenvalue weighted by Gasteiger charge is 2.16. The zero-order valence-electron chi connectivity index (χ0n) is 8.03. The van der Waals surface area contributed by atoms with Gasteiger partial charge >= 0.3 is 5.97 Å². The monoisotopic (exact) mass is 205 g/mol. The molecule has 4 N–H and O–H groups in total. The zero-order chi connectivity index (χ0) is 10.8.